The first kappa shape index (κ1) is 10.8. The molecule has 0 bridgehead atoms. The van der Waals surface area contributed by atoms with Crippen LogP contribution in [0.15, 0.2) is 65.8 Å². The van der Waals surface area contributed by atoms with E-state index in [9.17, 15) is 0 Å². The van der Waals surface area contributed by atoms with Crippen LogP contribution in [0.25, 0.3) is 0 Å². The average molecular weight is 239 g/mol. The third kappa shape index (κ3) is 1.94. The Balaban J connectivity index is 1.97. The van der Waals surface area contributed by atoms with Crippen molar-refractivity contribution in [2.75, 3.05) is 10.2 Å². The molecule has 2 N–H and O–H groups in total. The number of nitrogens with zero attached hydrogens (tertiary/aromatic N) is 3. The molecule has 0 unspecified atom stereocenters. The summed E-state index contributed by atoms with van der Waals surface area (Å²) in [4.78, 5) is 0. The maximum atomic E-state index is 4.54. The number of benzene rings is 2. The van der Waals surface area contributed by atoms with E-state index in [0.717, 1.165) is 17.2 Å². The smallest absolute Gasteiger partial charge is 0.176 e. The third-order valence-electron chi connectivity index (χ3n) is 2.77. The Morgan fingerprint density at radius 2 is 1.39 bits per heavy atom. The molecular weight excluding hydrogens is 224 g/mol. The van der Waals surface area contributed by atoms with Gasteiger partial charge >= 0.3 is 0 Å². The monoisotopic (exact) mass is 239 g/mol. The van der Waals surface area contributed by atoms with Gasteiger partial charge in [0.25, 0.3) is 0 Å². The number of hydrazine groups is 1. The zero-order valence-electron chi connectivity index (χ0n) is 10.2. The van der Waals surface area contributed by atoms with Gasteiger partial charge in [0.1, 0.15) is 5.69 Å². The Morgan fingerprint density at radius 1 is 0.833 bits per heavy atom. The number of hydrogen-bond acceptors (Lipinski definition) is 3. The van der Waals surface area contributed by atoms with Gasteiger partial charge < -0.3 is 0 Å². The van der Waals surface area contributed by atoms with Crippen LogP contribution >= 0.6 is 0 Å². The molecule has 2 aromatic carbocycles. The molecule has 0 radical (unpaired) electrons. The molecule has 0 spiro atoms. The van der Waals surface area contributed by atoms with Crippen LogP contribution < -0.4 is 15.7 Å². The first-order valence-corrected chi connectivity index (χ1v) is 5.94. The first-order chi connectivity index (χ1) is 8.84. The molecule has 0 aromatic heterocycles. The summed E-state index contributed by atoms with van der Waals surface area (Å²) in [6.07, 6.45) is 0. The predicted octanol–water partition coefficient (Wildman–Crippen LogP) is 1.74. The predicted molar refractivity (Wildman–Crippen MR) is 72.9 cm³/mol. The largest absolute Gasteiger partial charge is 0.242 e. The molecule has 0 fully saturated rings. The lowest BCUT2D eigenvalue weighted by Crippen LogP contribution is -2.96. The van der Waals surface area contributed by atoms with Crippen molar-refractivity contribution in [1.82, 2.24) is 0 Å². The Bertz CT molecular complexity index is 551. The van der Waals surface area contributed by atoms with Gasteiger partial charge in [0.15, 0.2) is 0 Å². The van der Waals surface area contributed by atoms with Crippen LogP contribution in [-0.2, 0) is 0 Å². The molecule has 0 atom stereocenters. The van der Waals surface area contributed by atoms with Crippen LogP contribution in [0.1, 0.15) is 6.92 Å². The summed E-state index contributed by atoms with van der Waals surface area (Å²) in [5, 5.41) is 8.49. The molecule has 3 rings (SSSR count). The third-order valence-corrected chi connectivity index (χ3v) is 2.77. The van der Waals surface area contributed by atoms with Gasteiger partial charge in [-0.25, -0.2) is 0 Å². The molecule has 2 aromatic rings. The molecule has 18 heavy (non-hydrogen) atoms. The van der Waals surface area contributed by atoms with Crippen LogP contribution in [-0.4, -0.2) is 5.84 Å². The van der Waals surface area contributed by atoms with Crippen LogP contribution in [0.3, 0.4) is 0 Å². The van der Waals surface area contributed by atoms with Crippen molar-refractivity contribution in [3.8, 4) is 0 Å². The maximum Gasteiger partial charge on any atom is 0.242 e. The standard InChI is InChI=1S/C14H14N4/c1-12-15-17(13-8-4-2-5-9-13)18(16-12)14-10-6-3-7-11-14/h2-11H,1H3,(H,15,16)/p+1. The Hall–Kier alpha value is -2.33. The van der Waals surface area contributed by atoms with Crippen molar-refractivity contribution < 1.29 is 5.43 Å². The lowest BCUT2D eigenvalue weighted by Gasteiger charge is -2.23. The summed E-state index contributed by atoms with van der Waals surface area (Å²) in [5.41, 5.74) is 4.18. The van der Waals surface area contributed by atoms with Crippen molar-refractivity contribution >= 4 is 17.2 Å². The zero-order valence-corrected chi connectivity index (χ0v) is 10.2. The maximum absolute atomic E-state index is 4.54. The van der Waals surface area contributed by atoms with E-state index in [1.165, 1.54) is 0 Å². The van der Waals surface area contributed by atoms with Crippen LogP contribution in [0.4, 0.5) is 11.4 Å². The SMILES string of the molecule is CC1=NN(c2ccccc2)N(c2ccccc2)[NH2+]1. The first-order valence-electron chi connectivity index (χ1n) is 5.94. The van der Waals surface area contributed by atoms with E-state index in [1.807, 2.05) is 71.1 Å². The highest BCUT2D eigenvalue weighted by Gasteiger charge is 2.27. The number of hydrogen-bond donors (Lipinski definition) is 1. The van der Waals surface area contributed by atoms with Gasteiger partial charge in [-0.2, -0.15) is 5.43 Å². The van der Waals surface area contributed by atoms with Crippen molar-refractivity contribution in [1.29, 1.82) is 0 Å². The van der Waals surface area contributed by atoms with E-state index in [2.05, 4.69) is 17.2 Å². The molecule has 0 amide bonds. The number of amidine groups is 1. The molecule has 1 heterocycles. The molecule has 0 saturated heterocycles. The molecule has 90 valence electrons. The van der Waals surface area contributed by atoms with Crippen molar-refractivity contribution in [3.63, 3.8) is 0 Å². The second kappa shape index (κ2) is 4.50. The Kier molecular flexibility index (Phi) is 2.70. The average Bonchev–Trinajstić information content (AvgIpc) is 2.83. The summed E-state index contributed by atoms with van der Waals surface area (Å²) in [6.45, 7) is 2.00. The van der Waals surface area contributed by atoms with E-state index in [1.54, 1.807) is 0 Å². The number of nitrogens with two attached hydrogens (primary N) is 1. The normalized spacial score (nSPS) is 14.8. The molecule has 0 aliphatic carbocycles. The van der Waals surface area contributed by atoms with Gasteiger partial charge in [-0.1, -0.05) is 41.5 Å². The highest BCUT2D eigenvalue weighted by Crippen LogP contribution is 2.21. The summed E-state index contributed by atoms with van der Waals surface area (Å²) in [7, 11) is 0. The Morgan fingerprint density at radius 3 is 2.00 bits per heavy atom. The molecule has 1 aliphatic heterocycles. The lowest BCUT2D eigenvalue weighted by atomic mass is 10.3. The van der Waals surface area contributed by atoms with Gasteiger partial charge in [-0.3, -0.25) is 0 Å². The molecule has 4 heteroatoms. The van der Waals surface area contributed by atoms with Crippen molar-refractivity contribution in [2.45, 2.75) is 6.92 Å². The zero-order chi connectivity index (χ0) is 12.4. The van der Waals surface area contributed by atoms with Crippen LogP contribution in [0.2, 0.25) is 0 Å². The van der Waals surface area contributed by atoms with E-state index >= 15 is 0 Å². The van der Waals surface area contributed by atoms with Gasteiger partial charge in [0, 0.05) is 6.92 Å². The number of rotatable bonds is 2. The number of hydrazone groups is 1. The quantitative estimate of drug-likeness (QED) is 0.810. The summed E-state index contributed by atoms with van der Waals surface area (Å²) in [5.74, 6) is 0.989. The van der Waals surface area contributed by atoms with E-state index in [4.69, 9.17) is 0 Å². The van der Waals surface area contributed by atoms with Gasteiger partial charge in [0.2, 0.25) is 5.84 Å². The summed E-state index contributed by atoms with van der Waals surface area (Å²) < 4.78 is 0. The fourth-order valence-corrected chi connectivity index (χ4v) is 1.96. The van der Waals surface area contributed by atoms with Gasteiger partial charge in [-0.05, 0) is 24.3 Å². The van der Waals surface area contributed by atoms with E-state index < -0.39 is 0 Å². The second-order valence-electron chi connectivity index (χ2n) is 4.18. The lowest BCUT2D eigenvalue weighted by molar-refractivity contribution is -0.547. The van der Waals surface area contributed by atoms with Crippen molar-refractivity contribution in [2.24, 2.45) is 5.10 Å². The highest BCUT2D eigenvalue weighted by molar-refractivity contribution is 5.75. The fraction of sp³-hybridized carbons (Fsp3) is 0.0714. The van der Waals surface area contributed by atoms with Gasteiger partial charge in [0.05, 0.1) is 5.69 Å². The topological polar surface area (TPSA) is 35.5 Å². The molecular formula is C14H15N4+. The number of anilines is 2. The molecule has 0 saturated carbocycles. The van der Waals surface area contributed by atoms with Crippen LogP contribution in [0, 0.1) is 0 Å². The number of quaternary nitrogens is 1. The summed E-state index contributed by atoms with van der Waals surface area (Å²) >= 11 is 0. The minimum atomic E-state index is 0.989. The van der Waals surface area contributed by atoms with E-state index in [0.29, 0.717) is 0 Å². The minimum Gasteiger partial charge on any atom is -0.176 e. The van der Waals surface area contributed by atoms with Crippen molar-refractivity contribution in [3.05, 3.63) is 60.7 Å². The minimum absolute atomic E-state index is 0.989. The number of para-hydroxylation sites is 2. The molecule has 1 aliphatic rings. The van der Waals surface area contributed by atoms with Crippen LogP contribution in [0.5, 0.6) is 0 Å². The van der Waals surface area contributed by atoms with E-state index in [-0.39, 0.29) is 0 Å². The van der Waals surface area contributed by atoms with Gasteiger partial charge in [-0.15, -0.1) is 10.2 Å². The Labute approximate surface area is 106 Å². The fourth-order valence-electron chi connectivity index (χ4n) is 1.96. The summed E-state index contributed by atoms with van der Waals surface area (Å²) in [6, 6.07) is 20.3. The second-order valence-corrected chi connectivity index (χ2v) is 4.18. The molecule has 4 nitrogen and oxygen atoms in total. The highest BCUT2D eigenvalue weighted by atomic mass is 15.9.